The molecule has 0 amide bonds. The first-order valence-electron chi connectivity index (χ1n) is 6.12. The number of anilines is 1. The molecule has 0 atom stereocenters. The smallest absolute Gasteiger partial charge is 0.375 e. The number of aromatic nitrogens is 4. The molecule has 2 rings (SSSR count). The summed E-state index contributed by atoms with van der Waals surface area (Å²) in [4.78, 5) is 7.10. The predicted octanol–water partition coefficient (Wildman–Crippen LogP) is 2.15. The Balaban J connectivity index is 2.10. The Bertz CT molecular complexity index is 637. The van der Waals surface area contributed by atoms with Gasteiger partial charge < -0.3 is 10.1 Å². The first-order chi connectivity index (χ1) is 9.88. The van der Waals surface area contributed by atoms with Crippen molar-refractivity contribution in [3.8, 4) is 0 Å². The molecule has 0 spiro atoms. The highest BCUT2D eigenvalue weighted by atomic mass is 19.4. The number of nitrogens with one attached hydrogen (secondary N) is 1. The Labute approximate surface area is 118 Å². The van der Waals surface area contributed by atoms with Gasteiger partial charge in [0.25, 0.3) is 5.78 Å². The average Bonchev–Trinajstić information content (AvgIpc) is 2.85. The fourth-order valence-corrected chi connectivity index (χ4v) is 1.58. The molecule has 0 radical (unpaired) electrons. The van der Waals surface area contributed by atoms with E-state index in [0.717, 1.165) is 18.0 Å². The number of hydrogen-bond donors (Lipinski definition) is 1. The number of hydrogen-bond acceptors (Lipinski definition) is 5. The minimum absolute atomic E-state index is 0.116. The maximum Gasteiger partial charge on any atom is 0.433 e. The lowest BCUT2D eigenvalue weighted by Crippen LogP contribution is -2.16. The minimum atomic E-state index is -4.54. The monoisotopic (exact) mass is 301 g/mol. The van der Waals surface area contributed by atoms with E-state index >= 15 is 0 Å². The van der Waals surface area contributed by atoms with Crippen molar-refractivity contribution in [3.63, 3.8) is 0 Å². The summed E-state index contributed by atoms with van der Waals surface area (Å²) in [5, 5.41) is 6.65. The zero-order valence-corrected chi connectivity index (χ0v) is 11.3. The second-order valence-electron chi connectivity index (χ2n) is 4.43. The van der Waals surface area contributed by atoms with Crippen LogP contribution < -0.4 is 5.32 Å². The number of halogens is 3. The predicted molar refractivity (Wildman–Crippen MR) is 69.9 cm³/mol. The van der Waals surface area contributed by atoms with Gasteiger partial charge in [0.15, 0.2) is 5.69 Å². The molecule has 0 aliphatic rings. The van der Waals surface area contributed by atoms with E-state index in [-0.39, 0.29) is 11.6 Å². The van der Waals surface area contributed by atoms with Crippen molar-refractivity contribution in [1.82, 2.24) is 19.6 Å². The number of nitrogens with zero attached hydrogens (tertiary/aromatic N) is 4. The number of ether oxygens (including phenoxy) is 1. The highest BCUT2D eigenvalue weighted by Gasteiger charge is 2.34. The molecular weight excluding hydrogens is 287 g/mol. The van der Waals surface area contributed by atoms with Gasteiger partial charge in [0.2, 0.25) is 0 Å². The van der Waals surface area contributed by atoms with Gasteiger partial charge in [-0.2, -0.15) is 27.8 Å². The van der Waals surface area contributed by atoms with Gasteiger partial charge in [-0.25, -0.2) is 4.98 Å². The highest BCUT2D eigenvalue weighted by molar-refractivity contribution is 5.45. The minimum Gasteiger partial charge on any atom is -0.375 e. The van der Waals surface area contributed by atoms with Gasteiger partial charge in [0, 0.05) is 12.6 Å². The first-order valence-corrected chi connectivity index (χ1v) is 6.12. The Hall–Kier alpha value is -2.16. The quantitative estimate of drug-likeness (QED) is 0.654. The van der Waals surface area contributed by atoms with Crippen LogP contribution >= 0.6 is 0 Å². The molecule has 0 saturated carbocycles. The van der Waals surface area contributed by atoms with Crippen LogP contribution in [0.3, 0.4) is 0 Å². The Morgan fingerprint density at radius 1 is 1.48 bits per heavy atom. The van der Waals surface area contributed by atoms with E-state index in [1.807, 2.05) is 6.92 Å². The van der Waals surface area contributed by atoms with Crippen molar-refractivity contribution < 1.29 is 17.9 Å². The van der Waals surface area contributed by atoms with Gasteiger partial charge in [-0.15, -0.1) is 0 Å². The molecule has 0 aliphatic carbocycles. The summed E-state index contributed by atoms with van der Waals surface area (Å²) in [6, 6.07) is 0.889. The second kappa shape index (κ2) is 6.08. The van der Waals surface area contributed by atoms with Gasteiger partial charge in [0.1, 0.15) is 12.1 Å². The van der Waals surface area contributed by atoms with Crippen molar-refractivity contribution in [2.45, 2.75) is 13.1 Å². The SMILES string of the molecule is C=C(C)COCCNc1cc(C(F)(F)F)nc2ncnn12. The summed E-state index contributed by atoms with van der Waals surface area (Å²) >= 11 is 0. The largest absolute Gasteiger partial charge is 0.433 e. The van der Waals surface area contributed by atoms with Gasteiger partial charge in [-0.05, 0) is 6.92 Å². The number of fused-ring (bicyclic) bond motifs is 1. The summed E-state index contributed by atoms with van der Waals surface area (Å²) in [5.41, 5.74) is -0.148. The van der Waals surface area contributed by atoms with E-state index in [2.05, 4.69) is 27.0 Å². The van der Waals surface area contributed by atoms with E-state index < -0.39 is 11.9 Å². The van der Waals surface area contributed by atoms with E-state index in [4.69, 9.17) is 4.74 Å². The lowest BCUT2D eigenvalue weighted by atomic mass is 10.3. The standard InChI is InChI=1S/C12H14F3N5O/c1-8(2)6-21-4-3-16-10-5-9(12(13,14)15)19-11-17-7-18-20(10)11/h5,7,16H,1,3-4,6H2,2H3. The van der Waals surface area contributed by atoms with Crippen molar-refractivity contribution in [1.29, 1.82) is 0 Å². The van der Waals surface area contributed by atoms with Gasteiger partial charge in [-0.1, -0.05) is 12.2 Å². The molecular formula is C12H14F3N5O. The highest BCUT2D eigenvalue weighted by Crippen LogP contribution is 2.29. The van der Waals surface area contributed by atoms with Crippen LogP contribution in [0.5, 0.6) is 0 Å². The molecule has 2 aromatic heterocycles. The Kier molecular flexibility index (Phi) is 4.41. The van der Waals surface area contributed by atoms with Crippen LogP contribution in [-0.4, -0.2) is 39.3 Å². The molecule has 0 bridgehead atoms. The molecule has 21 heavy (non-hydrogen) atoms. The maximum atomic E-state index is 12.8. The van der Waals surface area contributed by atoms with Gasteiger partial charge in [0.05, 0.1) is 13.2 Å². The number of alkyl halides is 3. The lowest BCUT2D eigenvalue weighted by molar-refractivity contribution is -0.141. The maximum absolute atomic E-state index is 12.8. The molecule has 0 aliphatic heterocycles. The van der Waals surface area contributed by atoms with Crippen LogP contribution in [0.25, 0.3) is 5.78 Å². The molecule has 0 aromatic carbocycles. The fourth-order valence-electron chi connectivity index (χ4n) is 1.58. The summed E-state index contributed by atoms with van der Waals surface area (Å²) in [7, 11) is 0. The van der Waals surface area contributed by atoms with Crippen LogP contribution in [-0.2, 0) is 10.9 Å². The third-order valence-electron chi connectivity index (χ3n) is 2.44. The van der Waals surface area contributed by atoms with Gasteiger partial charge in [-0.3, -0.25) is 0 Å². The number of rotatable bonds is 6. The van der Waals surface area contributed by atoms with E-state index in [1.54, 1.807) is 0 Å². The Morgan fingerprint density at radius 3 is 2.90 bits per heavy atom. The zero-order chi connectivity index (χ0) is 15.5. The summed E-state index contributed by atoms with van der Waals surface area (Å²) in [6.45, 7) is 6.56. The molecule has 1 N–H and O–H groups in total. The van der Waals surface area contributed by atoms with Crippen molar-refractivity contribution >= 4 is 11.6 Å². The fraction of sp³-hybridized carbons (Fsp3) is 0.417. The molecule has 0 fully saturated rings. The molecule has 6 nitrogen and oxygen atoms in total. The molecule has 2 aromatic rings. The molecule has 114 valence electrons. The molecule has 0 unspecified atom stereocenters. The van der Waals surface area contributed by atoms with Crippen molar-refractivity contribution in [2.24, 2.45) is 0 Å². The van der Waals surface area contributed by atoms with Crippen LogP contribution in [0.1, 0.15) is 12.6 Å². The first kappa shape index (κ1) is 15.2. The Morgan fingerprint density at radius 2 is 2.24 bits per heavy atom. The van der Waals surface area contributed by atoms with Crippen molar-refractivity contribution in [2.75, 3.05) is 25.1 Å². The molecule has 2 heterocycles. The normalized spacial score (nSPS) is 11.8. The van der Waals surface area contributed by atoms with Crippen LogP contribution in [0.4, 0.5) is 19.0 Å². The molecule has 9 heteroatoms. The lowest BCUT2D eigenvalue weighted by Gasteiger charge is -2.11. The topological polar surface area (TPSA) is 64.3 Å². The third kappa shape index (κ3) is 3.91. The average molecular weight is 301 g/mol. The van der Waals surface area contributed by atoms with E-state index in [9.17, 15) is 13.2 Å². The second-order valence-corrected chi connectivity index (χ2v) is 4.43. The zero-order valence-electron chi connectivity index (χ0n) is 11.3. The van der Waals surface area contributed by atoms with E-state index in [1.165, 1.54) is 4.52 Å². The van der Waals surface area contributed by atoms with Crippen LogP contribution in [0, 0.1) is 0 Å². The molecule has 0 saturated heterocycles. The third-order valence-corrected chi connectivity index (χ3v) is 2.44. The van der Waals surface area contributed by atoms with Crippen LogP contribution in [0.15, 0.2) is 24.5 Å². The van der Waals surface area contributed by atoms with Gasteiger partial charge >= 0.3 is 6.18 Å². The summed E-state index contributed by atoms with van der Waals surface area (Å²) in [5.74, 6) is 0.0407. The van der Waals surface area contributed by atoms with Crippen LogP contribution in [0.2, 0.25) is 0 Å². The van der Waals surface area contributed by atoms with Crippen molar-refractivity contribution in [3.05, 3.63) is 30.2 Å². The van der Waals surface area contributed by atoms with E-state index in [0.29, 0.717) is 19.8 Å². The summed E-state index contributed by atoms with van der Waals surface area (Å²) < 4.78 is 44.7. The summed E-state index contributed by atoms with van der Waals surface area (Å²) in [6.07, 6.45) is -3.40.